The first kappa shape index (κ1) is 18.4. The summed E-state index contributed by atoms with van der Waals surface area (Å²) in [7, 11) is 1.57. The SMILES string of the molecule is COc1ccc(-n2cc(C(=O)NCCc3ccc(F)cc3)ccc2=O)cc1. The highest BCUT2D eigenvalue weighted by Gasteiger charge is 2.09. The van der Waals surface area contributed by atoms with Crippen LogP contribution in [0.3, 0.4) is 0 Å². The molecule has 0 atom stereocenters. The quantitative estimate of drug-likeness (QED) is 0.730. The largest absolute Gasteiger partial charge is 0.497 e. The van der Waals surface area contributed by atoms with Crippen molar-refractivity contribution in [3.63, 3.8) is 0 Å². The molecule has 27 heavy (non-hydrogen) atoms. The van der Waals surface area contributed by atoms with Crippen LogP contribution in [0.5, 0.6) is 5.75 Å². The Labute approximate surface area is 156 Å². The predicted octanol–water partition coefficient (Wildman–Crippen LogP) is 2.96. The second-order valence-corrected chi connectivity index (χ2v) is 5.96. The van der Waals surface area contributed by atoms with E-state index >= 15 is 0 Å². The molecular weight excluding hydrogens is 347 g/mol. The van der Waals surface area contributed by atoms with Crippen molar-refractivity contribution in [1.29, 1.82) is 0 Å². The average molecular weight is 366 g/mol. The predicted molar refractivity (Wildman–Crippen MR) is 101 cm³/mol. The Morgan fingerprint density at radius 2 is 1.74 bits per heavy atom. The van der Waals surface area contributed by atoms with Crippen molar-refractivity contribution in [3.8, 4) is 11.4 Å². The fraction of sp³-hybridized carbons (Fsp3) is 0.143. The number of ether oxygens (including phenoxy) is 1. The van der Waals surface area contributed by atoms with Crippen LogP contribution in [-0.2, 0) is 6.42 Å². The Kier molecular flexibility index (Phi) is 5.66. The van der Waals surface area contributed by atoms with Gasteiger partial charge in [-0.2, -0.15) is 0 Å². The van der Waals surface area contributed by atoms with Gasteiger partial charge in [0.1, 0.15) is 11.6 Å². The zero-order valence-corrected chi connectivity index (χ0v) is 14.8. The lowest BCUT2D eigenvalue weighted by atomic mass is 10.1. The molecule has 0 saturated heterocycles. The van der Waals surface area contributed by atoms with Crippen molar-refractivity contribution in [3.05, 3.63) is 94.2 Å². The molecule has 0 fully saturated rings. The van der Waals surface area contributed by atoms with Gasteiger partial charge in [-0.15, -0.1) is 0 Å². The van der Waals surface area contributed by atoms with Crippen molar-refractivity contribution < 1.29 is 13.9 Å². The molecule has 0 aliphatic carbocycles. The first-order valence-electron chi connectivity index (χ1n) is 8.46. The first-order chi connectivity index (χ1) is 13.1. The summed E-state index contributed by atoms with van der Waals surface area (Å²) in [5, 5.41) is 2.81. The Morgan fingerprint density at radius 3 is 2.41 bits per heavy atom. The Bertz CT molecular complexity index is 980. The zero-order valence-electron chi connectivity index (χ0n) is 14.8. The Hall–Kier alpha value is -3.41. The van der Waals surface area contributed by atoms with Gasteiger partial charge in [-0.3, -0.25) is 14.2 Å². The van der Waals surface area contributed by atoms with Crippen molar-refractivity contribution in [2.45, 2.75) is 6.42 Å². The summed E-state index contributed by atoms with van der Waals surface area (Å²) in [6.45, 7) is 0.409. The standard InChI is InChI=1S/C21H19FN2O3/c1-27-19-9-7-18(8-10-19)24-14-16(4-11-20(24)25)21(26)23-13-12-15-2-5-17(22)6-3-15/h2-11,14H,12-13H2,1H3,(H,23,26). The molecule has 0 aliphatic rings. The van der Waals surface area contributed by atoms with Gasteiger partial charge in [-0.1, -0.05) is 12.1 Å². The van der Waals surface area contributed by atoms with E-state index in [9.17, 15) is 14.0 Å². The van der Waals surface area contributed by atoms with Crippen LogP contribution in [0.1, 0.15) is 15.9 Å². The van der Waals surface area contributed by atoms with E-state index in [-0.39, 0.29) is 17.3 Å². The van der Waals surface area contributed by atoms with Gasteiger partial charge in [0, 0.05) is 24.5 Å². The molecule has 1 N–H and O–H groups in total. The van der Waals surface area contributed by atoms with E-state index in [1.165, 1.54) is 35.0 Å². The molecular formula is C21H19FN2O3. The van der Waals surface area contributed by atoms with Gasteiger partial charge in [0.05, 0.1) is 12.7 Å². The molecule has 2 aromatic carbocycles. The molecule has 0 aliphatic heterocycles. The van der Waals surface area contributed by atoms with Crippen LogP contribution in [0, 0.1) is 5.82 Å². The van der Waals surface area contributed by atoms with E-state index in [2.05, 4.69) is 5.32 Å². The topological polar surface area (TPSA) is 60.3 Å². The van der Waals surface area contributed by atoms with E-state index in [0.717, 1.165) is 5.56 Å². The summed E-state index contributed by atoms with van der Waals surface area (Å²) < 4.78 is 19.4. The number of hydrogen-bond donors (Lipinski definition) is 1. The number of benzene rings is 2. The highest BCUT2D eigenvalue weighted by molar-refractivity contribution is 5.93. The number of amides is 1. The monoisotopic (exact) mass is 366 g/mol. The van der Waals surface area contributed by atoms with E-state index in [1.807, 2.05) is 0 Å². The number of hydrogen-bond acceptors (Lipinski definition) is 3. The highest BCUT2D eigenvalue weighted by Crippen LogP contribution is 2.14. The average Bonchev–Trinajstić information content (AvgIpc) is 2.70. The number of methoxy groups -OCH3 is 1. The molecule has 0 unspecified atom stereocenters. The smallest absolute Gasteiger partial charge is 0.255 e. The van der Waals surface area contributed by atoms with Crippen LogP contribution in [0.15, 0.2) is 71.7 Å². The summed E-state index contributed by atoms with van der Waals surface area (Å²) in [4.78, 5) is 24.5. The fourth-order valence-corrected chi connectivity index (χ4v) is 2.64. The number of pyridine rings is 1. The maximum absolute atomic E-state index is 12.9. The molecule has 0 radical (unpaired) electrons. The maximum atomic E-state index is 12.9. The molecule has 0 spiro atoms. The van der Waals surface area contributed by atoms with Crippen molar-refractivity contribution in [1.82, 2.24) is 9.88 Å². The molecule has 138 valence electrons. The Morgan fingerprint density at radius 1 is 1.04 bits per heavy atom. The van der Waals surface area contributed by atoms with Gasteiger partial charge in [-0.05, 0) is 54.4 Å². The number of carbonyl (C=O) groups excluding carboxylic acids is 1. The second kappa shape index (κ2) is 8.31. The van der Waals surface area contributed by atoms with Gasteiger partial charge in [-0.25, -0.2) is 4.39 Å². The summed E-state index contributed by atoms with van der Waals surface area (Å²) in [5.41, 5.74) is 1.72. The minimum Gasteiger partial charge on any atom is -0.497 e. The number of carbonyl (C=O) groups is 1. The lowest BCUT2D eigenvalue weighted by Crippen LogP contribution is -2.27. The van der Waals surface area contributed by atoms with Crippen LogP contribution in [0.4, 0.5) is 4.39 Å². The highest BCUT2D eigenvalue weighted by atomic mass is 19.1. The Balaban J connectivity index is 1.69. The van der Waals surface area contributed by atoms with Crippen LogP contribution in [0.25, 0.3) is 5.69 Å². The maximum Gasteiger partial charge on any atom is 0.255 e. The molecule has 3 aromatic rings. The van der Waals surface area contributed by atoms with Crippen LogP contribution in [-0.4, -0.2) is 24.1 Å². The van der Waals surface area contributed by atoms with E-state index in [0.29, 0.717) is 30.0 Å². The van der Waals surface area contributed by atoms with Crippen LogP contribution in [0.2, 0.25) is 0 Å². The van der Waals surface area contributed by atoms with Gasteiger partial charge in [0.25, 0.3) is 11.5 Å². The fourth-order valence-electron chi connectivity index (χ4n) is 2.64. The minimum absolute atomic E-state index is 0.233. The van der Waals surface area contributed by atoms with Gasteiger partial charge in [0.15, 0.2) is 0 Å². The summed E-state index contributed by atoms with van der Waals surface area (Å²) in [5.74, 6) is 0.115. The summed E-state index contributed by atoms with van der Waals surface area (Å²) >= 11 is 0. The number of aromatic nitrogens is 1. The molecule has 1 heterocycles. The first-order valence-corrected chi connectivity index (χ1v) is 8.46. The molecule has 5 nitrogen and oxygen atoms in total. The lowest BCUT2D eigenvalue weighted by Gasteiger charge is -2.10. The lowest BCUT2D eigenvalue weighted by molar-refractivity contribution is 0.0953. The third kappa shape index (κ3) is 4.61. The second-order valence-electron chi connectivity index (χ2n) is 5.96. The van der Waals surface area contributed by atoms with E-state index in [4.69, 9.17) is 4.74 Å². The van der Waals surface area contributed by atoms with Gasteiger partial charge < -0.3 is 10.1 Å². The van der Waals surface area contributed by atoms with Crippen molar-refractivity contribution in [2.24, 2.45) is 0 Å². The van der Waals surface area contributed by atoms with Gasteiger partial charge in [0.2, 0.25) is 0 Å². The van der Waals surface area contributed by atoms with Crippen LogP contribution >= 0.6 is 0 Å². The molecule has 0 saturated carbocycles. The van der Waals surface area contributed by atoms with Crippen molar-refractivity contribution in [2.75, 3.05) is 13.7 Å². The third-order valence-electron chi connectivity index (χ3n) is 4.14. The normalized spacial score (nSPS) is 10.4. The summed E-state index contributed by atoms with van der Waals surface area (Å²) in [6, 6.07) is 16.0. The van der Waals surface area contributed by atoms with Crippen molar-refractivity contribution >= 4 is 5.91 Å². The summed E-state index contributed by atoms with van der Waals surface area (Å²) in [6.07, 6.45) is 2.10. The molecule has 0 bridgehead atoms. The number of nitrogens with one attached hydrogen (secondary N) is 1. The zero-order chi connectivity index (χ0) is 19.2. The van der Waals surface area contributed by atoms with E-state index < -0.39 is 0 Å². The molecule has 1 aromatic heterocycles. The van der Waals surface area contributed by atoms with E-state index in [1.54, 1.807) is 43.5 Å². The number of nitrogens with zero attached hydrogens (tertiary/aromatic N) is 1. The number of halogens is 1. The molecule has 3 rings (SSSR count). The third-order valence-corrected chi connectivity index (χ3v) is 4.14. The molecule has 1 amide bonds. The number of rotatable bonds is 6. The minimum atomic E-state index is -0.288. The van der Waals surface area contributed by atoms with Crippen LogP contribution < -0.4 is 15.6 Å². The van der Waals surface area contributed by atoms with Gasteiger partial charge >= 0.3 is 0 Å². The molecule has 6 heteroatoms.